The van der Waals surface area contributed by atoms with Crippen LogP contribution < -0.4 is 5.32 Å². The molecule has 0 radical (unpaired) electrons. The monoisotopic (exact) mass is 281 g/mol. The zero-order chi connectivity index (χ0) is 14.0. The summed E-state index contributed by atoms with van der Waals surface area (Å²) in [5, 5.41) is 3.51. The van der Waals surface area contributed by atoms with Crippen LogP contribution in [0.3, 0.4) is 0 Å². The summed E-state index contributed by atoms with van der Waals surface area (Å²) in [5.41, 5.74) is 0.349. The Morgan fingerprint density at radius 1 is 1.42 bits per heavy atom. The second kappa shape index (κ2) is 5.78. The van der Waals surface area contributed by atoms with Gasteiger partial charge in [-0.05, 0) is 30.9 Å². The number of likely N-dealkylation sites (tertiary alicyclic amines) is 1. The van der Waals surface area contributed by atoms with E-state index in [1.165, 1.54) is 0 Å². The van der Waals surface area contributed by atoms with E-state index in [4.69, 9.17) is 11.6 Å². The Labute approximate surface area is 119 Å². The molecule has 2 rings (SSSR count). The molecule has 2 unspecified atom stereocenters. The van der Waals surface area contributed by atoms with Gasteiger partial charge in [0.2, 0.25) is 0 Å². The topological polar surface area (TPSA) is 45.2 Å². The van der Waals surface area contributed by atoms with Crippen LogP contribution in [-0.4, -0.2) is 35.4 Å². The number of halogens is 1. The predicted molar refractivity (Wildman–Crippen MR) is 77.6 cm³/mol. The van der Waals surface area contributed by atoms with Gasteiger partial charge in [-0.2, -0.15) is 0 Å². The third kappa shape index (κ3) is 3.00. The summed E-state index contributed by atoms with van der Waals surface area (Å²) >= 11 is 6.10. The molecule has 0 bridgehead atoms. The summed E-state index contributed by atoms with van der Waals surface area (Å²) in [4.78, 5) is 18.6. The van der Waals surface area contributed by atoms with E-state index in [-0.39, 0.29) is 5.91 Å². The summed E-state index contributed by atoms with van der Waals surface area (Å²) in [6.07, 6.45) is 0. The molecule has 1 aliphatic rings. The van der Waals surface area contributed by atoms with Crippen molar-refractivity contribution >= 4 is 23.3 Å². The van der Waals surface area contributed by atoms with E-state index in [2.05, 4.69) is 24.1 Å². The molecule has 0 saturated carbocycles. The first kappa shape index (κ1) is 14.1. The van der Waals surface area contributed by atoms with Crippen LogP contribution in [0.2, 0.25) is 5.02 Å². The first-order valence-electron chi connectivity index (χ1n) is 6.72. The first-order valence-corrected chi connectivity index (χ1v) is 7.10. The highest BCUT2D eigenvalue weighted by atomic mass is 35.5. The van der Waals surface area contributed by atoms with Crippen molar-refractivity contribution in [3.63, 3.8) is 0 Å². The Morgan fingerprint density at radius 3 is 2.63 bits per heavy atom. The second-order valence-electron chi connectivity index (χ2n) is 5.22. The number of nitrogens with one attached hydrogen (secondary N) is 1. The van der Waals surface area contributed by atoms with Crippen molar-refractivity contribution in [1.29, 1.82) is 0 Å². The number of carbonyl (C=O) groups is 1. The van der Waals surface area contributed by atoms with Crippen molar-refractivity contribution in [3.05, 3.63) is 22.8 Å². The molecule has 1 aromatic rings. The van der Waals surface area contributed by atoms with Crippen molar-refractivity contribution in [2.75, 3.05) is 25.0 Å². The lowest BCUT2D eigenvalue weighted by Gasteiger charge is -2.16. The molecule has 5 heteroatoms. The molecule has 0 aliphatic carbocycles. The van der Waals surface area contributed by atoms with E-state index in [9.17, 15) is 4.79 Å². The summed E-state index contributed by atoms with van der Waals surface area (Å²) in [6, 6.07) is 3.51. The largest absolute Gasteiger partial charge is 0.370 e. The van der Waals surface area contributed by atoms with Gasteiger partial charge in [-0.3, -0.25) is 4.79 Å². The first-order chi connectivity index (χ1) is 9.02. The number of hydrogen-bond acceptors (Lipinski definition) is 3. The normalized spacial score (nSPS) is 22.6. The van der Waals surface area contributed by atoms with Crippen LogP contribution in [0.4, 0.5) is 5.82 Å². The molecule has 104 valence electrons. The van der Waals surface area contributed by atoms with Crippen LogP contribution in [0.5, 0.6) is 0 Å². The Kier molecular flexibility index (Phi) is 4.30. The molecule has 19 heavy (non-hydrogen) atoms. The molecule has 4 nitrogen and oxygen atoms in total. The number of pyridine rings is 1. The number of rotatable bonds is 3. The van der Waals surface area contributed by atoms with Crippen LogP contribution in [0.25, 0.3) is 0 Å². The van der Waals surface area contributed by atoms with E-state index < -0.39 is 0 Å². The molecule has 1 aliphatic heterocycles. The summed E-state index contributed by atoms with van der Waals surface area (Å²) in [6.45, 7) is 8.65. The molecule has 1 fully saturated rings. The lowest BCUT2D eigenvalue weighted by Crippen LogP contribution is -2.30. The molecular weight excluding hydrogens is 262 g/mol. The number of amides is 1. The quantitative estimate of drug-likeness (QED) is 0.927. The van der Waals surface area contributed by atoms with Gasteiger partial charge in [0.1, 0.15) is 11.5 Å². The van der Waals surface area contributed by atoms with Crippen LogP contribution in [-0.2, 0) is 0 Å². The Balaban J connectivity index is 2.21. The van der Waals surface area contributed by atoms with Gasteiger partial charge in [0.05, 0.1) is 5.02 Å². The van der Waals surface area contributed by atoms with Crippen LogP contribution in [0, 0.1) is 11.8 Å². The van der Waals surface area contributed by atoms with Crippen molar-refractivity contribution in [2.24, 2.45) is 11.8 Å². The fourth-order valence-electron chi connectivity index (χ4n) is 2.32. The van der Waals surface area contributed by atoms with E-state index in [0.717, 1.165) is 19.6 Å². The Bertz CT molecular complexity index is 468. The fourth-order valence-corrected chi connectivity index (χ4v) is 2.50. The standard InChI is InChI=1S/C14H20ClN3O/c1-4-16-12-6-5-11(15)13(17-12)14(19)18-7-9(2)10(3)8-18/h5-6,9-10H,4,7-8H2,1-3H3,(H,16,17). The van der Waals surface area contributed by atoms with Gasteiger partial charge in [0, 0.05) is 19.6 Å². The number of aromatic nitrogens is 1. The smallest absolute Gasteiger partial charge is 0.274 e. The maximum absolute atomic E-state index is 12.5. The highest BCUT2D eigenvalue weighted by Gasteiger charge is 2.31. The van der Waals surface area contributed by atoms with E-state index in [1.807, 2.05) is 11.8 Å². The molecule has 1 amide bonds. The van der Waals surface area contributed by atoms with E-state index in [0.29, 0.717) is 28.4 Å². The highest BCUT2D eigenvalue weighted by Crippen LogP contribution is 2.25. The van der Waals surface area contributed by atoms with Gasteiger partial charge < -0.3 is 10.2 Å². The molecule has 2 heterocycles. The number of anilines is 1. The van der Waals surface area contributed by atoms with Crippen LogP contribution >= 0.6 is 11.6 Å². The predicted octanol–water partition coefficient (Wildman–Crippen LogP) is 2.89. The molecule has 1 aromatic heterocycles. The van der Waals surface area contributed by atoms with Gasteiger partial charge in [-0.1, -0.05) is 25.4 Å². The minimum Gasteiger partial charge on any atom is -0.370 e. The van der Waals surface area contributed by atoms with Gasteiger partial charge >= 0.3 is 0 Å². The van der Waals surface area contributed by atoms with Crippen molar-refractivity contribution in [2.45, 2.75) is 20.8 Å². The van der Waals surface area contributed by atoms with Crippen molar-refractivity contribution < 1.29 is 4.79 Å². The number of carbonyl (C=O) groups excluding carboxylic acids is 1. The zero-order valence-electron chi connectivity index (χ0n) is 11.6. The number of hydrogen-bond donors (Lipinski definition) is 1. The summed E-state index contributed by atoms with van der Waals surface area (Å²) < 4.78 is 0. The number of nitrogens with zero attached hydrogens (tertiary/aromatic N) is 2. The van der Waals surface area contributed by atoms with Gasteiger partial charge in [0.25, 0.3) is 5.91 Å². The second-order valence-corrected chi connectivity index (χ2v) is 5.63. The highest BCUT2D eigenvalue weighted by molar-refractivity contribution is 6.33. The van der Waals surface area contributed by atoms with Crippen molar-refractivity contribution in [3.8, 4) is 0 Å². The molecule has 0 aromatic carbocycles. The van der Waals surface area contributed by atoms with Crippen LogP contribution in [0.1, 0.15) is 31.3 Å². The van der Waals surface area contributed by atoms with E-state index >= 15 is 0 Å². The molecule has 1 saturated heterocycles. The summed E-state index contributed by atoms with van der Waals surface area (Å²) in [5.74, 6) is 1.68. The third-order valence-corrected chi connectivity index (χ3v) is 3.99. The maximum Gasteiger partial charge on any atom is 0.274 e. The molecule has 1 N–H and O–H groups in total. The third-order valence-electron chi connectivity index (χ3n) is 3.68. The molecule has 2 atom stereocenters. The lowest BCUT2D eigenvalue weighted by molar-refractivity contribution is 0.0779. The Hall–Kier alpha value is -1.29. The summed E-state index contributed by atoms with van der Waals surface area (Å²) in [7, 11) is 0. The SMILES string of the molecule is CCNc1ccc(Cl)c(C(=O)N2CC(C)C(C)C2)n1. The van der Waals surface area contributed by atoms with E-state index in [1.54, 1.807) is 12.1 Å². The Morgan fingerprint density at radius 2 is 2.05 bits per heavy atom. The van der Waals surface area contributed by atoms with Gasteiger partial charge in [0.15, 0.2) is 0 Å². The molecule has 0 spiro atoms. The van der Waals surface area contributed by atoms with Gasteiger partial charge in [-0.25, -0.2) is 4.98 Å². The minimum atomic E-state index is -0.0686. The lowest BCUT2D eigenvalue weighted by atomic mass is 10.0. The average molecular weight is 282 g/mol. The average Bonchev–Trinajstić information content (AvgIpc) is 2.71. The maximum atomic E-state index is 12.5. The zero-order valence-corrected chi connectivity index (χ0v) is 12.4. The van der Waals surface area contributed by atoms with Gasteiger partial charge in [-0.15, -0.1) is 0 Å². The molecular formula is C14H20ClN3O. The minimum absolute atomic E-state index is 0.0686. The van der Waals surface area contributed by atoms with Crippen molar-refractivity contribution in [1.82, 2.24) is 9.88 Å². The fraction of sp³-hybridized carbons (Fsp3) is 0.571. The van der Waals surface area contributed by atoms with Crippen LogP contribution in [0.15, 0.2) is 12.1 Å².